The number of nitrogens with one attached hydrogen (secondary N) is 1. The van der Waals surface area contributed by atoms with Gasteiger partial charge in [0, 0.05) is 11.6 Å². The maximum absolute atomic E-state index is 11.9. The van der Waals surface area contributed by atoms with Gasteiger partial charge in [-0.3, -0.25) is 4.79 Å². The largest absolute Gasteiger partial charge is 0.457 e. The predicted molar refractivity (Wildman–Crippen MR) is 64.4 cm³/mol. The quantitative estimate of drug-likeness (QED) is 0.640. The van der Waals surface area contributed by atoms with Gasteiger partial charge >= 0.3 is 5.97 Å². The second-order valence-corrected chi connectivity index (χ2v) is 4.55. The Labute approximate surface area is 105 Å². The second-order valence-electron chi connectivity index (χ2n) is 4.55. The fraction of sp³-hybridized carbons (Fsp3) is 0.286. The first-order valence-corrected chi connectivity index (χ1v) is 5.97. The van der Waals surface area contributed by atoms with E-state index in [-0.39, 0.29) is 30.4 Å². The summed E-state index contributed by atoms with van der Waals surface area (Å²) in [4.78, 5) is 23.2. The summed E-state index contributed by atoms with van der Waals surface area (Å²) in [6, 6.07) is 9.61. The topological polar surface area (TPSA) is 55.4 Å². The molecule has 2 atom stereocenters. The zero-order chi connectivity index (χ0) is 12.5. The van der Waals surface area contributed by atoms with Gasteiger partial charge in [0.05, 0.1) is 5.92 Å². The lowest BCUT2D eigenvalue weighted by Gasteiger charge is -2.32. The molecule has 1 amide bonds. The molecule has 0 bridgehead atoms. The van der Waals surface area contributed by atoms with Crippen molar-refractivity contribution in [2.75, 3.05) is 0 Å². The van der Waals surface area contributed by atoms with Crippen LogP contribution in [0.1, 0.15) is 12.0 Å². The second kappa shape index (κ2) is 4.29. The highest BCUT2D eigenvalue weighted by Crippen LogP contribution is 2.33. The van der Waals surface area contributed by atoms with E-state index in [1.165, 1.54) is 0 Å². The fourth-order valence-corrected chi connectivity index (χ4v) is 2.39. The van der Waals surface area contributed by atoms with Gasteiger partial charge in [-0.25, -0.2) is 4.79 Å². The van der Waals surface area contributed by atoms with Crippen LogP contribution in [0.15, 0.2) is 42.0 Å². The maximum atomic E-state index is 11.9. The van der Waals surface area contributed by atoms with E-state index >= 15 is 0 Å². The molecule has 0 saturated carbocycles. The van der Waals surface area contributed by atoms with Gasteiger partial charge < -0.3 is 10.1 Å². The smallest absolute Gasteiger partial charge is 0.334 e. The molecule has 1 aromatic carbocycles. The average Bonchev–Trinajstić information content (AvgIpc) is 2.74. The third-order valence-corrected chi connectivity index (χ3v) is 3.39. The Balaban J connectivity index is 1.61. The lowest BCUT2D eigenvalue weighted by atomic mass is 9.89. The molecule has 18 heavy (non-hydrogen) atoms. The lowest BCUT2D eigenvalue weighted by Crippen LogP contribution is -2.57. The molecule has 1 aliphatic heterocycles. The summed E-state index contributed by atoms with van der Waals surface area (Å²) in [5.41, 5.74) is 1.46. The normalized spacial score (nSPS) is 24.7. The minimum absolute atomic E-state index is 0.0691. The Bertz CT molecular complexity index is 521. The molecular formula is C14H13NO3. The van der Waals surface area contributed by atoms with E-state index in [0.29, 0.717) is 5.57 Å². The van der Waals surface area contributed by atoms with Crippen LogP contribution >= 0.6 is 0 Å². The molecule has 2 unspecified atom stereocenters. The molecule has 92 valence electrons. The number of amides is 1. The molecule has 0 radical (unpaired) electrons. The van der Waals surface area contributed by atoms with Crippen LogP contribution in [0.25, 0.3) is 0 Å². The van der Waals surface area contributed by atoms with Gasteiger partial charge in [0.15, 0.2) is 0 Å². The Morgan fingerprint density at radius 2 is 2.11 bits per heavy atom. The van der Waals surface area contributed by atoms with E-state index in [2.05, 4.69) is 5.32 Å². The summed E-state index contributed by atoms with van der Waals surface area (Å²) in [5, 5.41) is 2.76. The van der Waals surface area contributed by atoms with Crippen LogP contribution in [0.2, 0.25) is 0 Å². The number of β-lactam (4-membered cyclic amide) rings is 1. The van der Waals surface area contributed by atoms with E-state index in [9.17, 15) is 9.59 Å². The van der Waals surface area contributed by atoms with Gasteiger partial charge in [-0.2, -0.15) is 0 Å². The molecule has 4 nitrogen and oxygen atoms in total. The Kier molecular flexibility index (Phi) is 2.63. The van der Waals surface area contributed by atoms with Crippen LogP contribution in [0, 0.1) is 5.92 Å². The molecule has 2 aliphatic rings. The minimum Gasteiger partial charge on any atom is -0.457 e. The summed E-state index contributed by atoms with van der Waals surface area (Å²) in [6.45, 7) is 0.246. The average molecular weight is 243 g/mol. The van der Waals surface area contributed by atoms with Crippen molar-refractivity contribution in [2.45, 2.75) is 19.1 Å². The van der Waals surface area contributed by atoms with Crippen LogP contribution in [0.3, 0.4) is 0 Å². The third-order valence-electron chi connectivity index (χ3n) is 3.39. The highest BCUT2D eigenvalue weighted by atomic mass is 16.5. The van der Waals surface area contributed by atoms with Gasteiger partial charge in [-0.1, -0.05) is 36.4 Å². The van der Waals surface area contributed by atoms with Crippen LogP contribution in [0.5, 0.6) is 0 Å². The number of carbonyl (C=O) groups is 2. The minimum atomic E-state index is -0.374. The molecule has 1 heterocycles. The number of hydrogen-bond donors (Lipinski definition) is 1. The van der Waals surface area contributed by atoms with Crippen molar-refractivity contribution in [3.63, 3.8) is 0 Å². The molecule has 1 aromatic rings. The van der Waals surface area contributed by atoms with Crippen LogP contribution in [-0.2, 0) is 20.9 Å². The molecule has 1 aliphatic carbocycles. The fourth-order valence-electron chi connectivity index (χ4n) is 2.39. The predicted octanol–water partition coefficient (Wildman–Crippen LogP) is 1.17. The van der Waals surface area contributed by atoms with Crippen molar-refractivity contribution in [2.24, 2.45) is 5.92 Å². The number of benzene rings is 1. The molecule has 1 saturated heterocycles. The number of fused-ring (bicyclic) bond motifs is 1. The van der Waals surface area contributed by atoms with Gasteiger partial charge in [0.2, 0.25) is 5.91 Å². The van der Waals surface area contributed by atoms with Gasteiger partial charge in [-0.15, -0.1) is 0 Å². The number of rotatable bonds is 3. The molecule has 0 spiro atoms. The van der Waals surface area contributed by atoms with E-state index in [1.54, 1.807) is 6.08 Å². The van der Waals surface area contributed by atoms with Gasteiger partial charge in [0.1, 0.15) is 6.61 Å². The first kappa shape index (κ1) is 11.0. The SMILES string of the molecule is O=C(OCc1ccccc1)C1=CCC2NC(=O)C12. The van der Waals surface area contributed by atoms with Crippen molar-refractivity contribution in [3.05, 3.63) is 47.5 Å². The molecule has 1 N–H and O–H groups in total. The van der Waals surface area contributed by atoms with Crippen molar-refractivity contribution in [3.8, 4) is 0 Å². The summed E-state index contributed by atoms with van der Waals surface area (Å²) in [5.74, 6) is -0.727. The molecular weight excluding hydrogens is 230 g/mol. The monoisotopic (exact) mass is 243 g/mol. The van der Waals surface area contributed by atoms with Crippen molar-refractivity contribution >= 4 is 11.9 Å². The summed E-state index contributed by atoms with van der Waals surface area (Å²) in [7, 11) is 0. The molecule has 0 aromatic heterocycles. The van der Waals surface area contributed by atoms with E-state index in [4.69, 9.17) is 4.74 Å². The molecule has 1 fully saturated rings. The Morgan fingerprint density at radius 1 is 1.33 bits per heavy atom. The number of esters is 1. The van der Waals surface area contributed by atoms with Gasteiger partial charge in [0.25, 0.3) is 0 Å². The third kappa shape index (κ3) is 1.79. The molecule has 4 heteroatoms. The van der Waals surface area contributed by atoms with Crippen LogP contribution in [-0.4, -0.2) is 17.9 Å². The van der Waals surface area contributed by atoms with Gasteiger partial charge in [-0.05, 0) is 12.0 Å². The Hall–Kier alpha value is -2.10. The lowest BCUT2D eigenvalue weighted by molar-refractivity contribution is -0.144. The highest BCUT2D eigenvalue weighted by molar-refractivity contribution is 6.01. The standard InChI is InChI=1S/C14H13NO3/c16-13-12-10(6-7-11(12)15-13)14(17)18-8-9-4-2-1-3-5-9/h1-6,11-12H,7-8H2,(H,15,16). The zero-order valence-corrected chi connectivity index (χ0v) is 9.76. The van der Waals surface area contributed by atoms with E-state index in [1.807, 2.05) is 30.3 Å². The first-order valence-electron chi connectivity index (χ1n) is 5.97. The summed E-state index contributed by atoms with van der Waals surface area (Å²) >= 11 is 0. The first-order chi connectivity index (χ1) is 8.75. The highest BCUT2D eigenvalue weighted by Gasteiger charge is 2.47. The van der Waals surface area contributed by atoms with Crippen LogP contribution in [0.4, 0.5) is 0 Å². The number of ether oxygens (including phenoxy) is 1. The maximum Gasteiger partial charge on any atom is 0.334 e. The summed E-state index contributed by atoms with van der Waals surface area (Å²) in [6.07, 6.45) is 2.53. The van der Waals surface area contributed by atoms with Crippen molar-refractivity contribution in [1.82, 2.24) is 5.32 Å². The van der Waals surface area contributed by atoms with Crippen LogP contribution < -0.4 is 5.32 Å². The zero-order valence-electron chi connectivity index (χ0n) is 9.76. The van der Waals surface area contributed by atoms with E-state index < -0.39 is 0 Å². The Morgan fingerprint density at radius 3 is 2.83 bits per heavy atom. The number of hydrogen-bond acceptors (Lipinski definition) is 3. The number of carbonyl (C=O) groups excluding carboxylic acids is 2. The van der Waals surface area contributed by atoms with Crippen molar-refractivity contribution < 1.29 is 14.3 Å². The molecule has 3 rings (SSSR count). The summed E-state index contributed by atoms with van der Waals surface area (Å²) < 4.78 is 5.23. The van der Waals surface area contributed by atoms with Crippen molar-refractivity contribution in [1.29, 1.82) is 0 Å². The van der Waals surface area contributed by atoms with E-state index in [0.717, 1.165) is 12.0 Å².